The first-order valence-electron chi connectivity index (χ1n) is 10.1. The van der Waals surface area contributed by atoms with Gasteiger partial charge in [0.2, 0.25) is 0 Å². The summed E-state index contributed by atoms with van der Waals surface area (Å²) in [7, 11) is 0. The van der Waals surface area contributed by atoms with Crippen LogP contribution in [-0.4, -0.2) is 24.4 Å². The number of esters is 1. The smallest absolute Gasteiger partial charge is 0.313 e. The third-order valence-corrected chi connectivity index (χ3v) is 4.72. The molecule has 0 fully saturated rings. The highest BCUT2D eigenvalue weighted by Gasteiger charge is 2.21. The Morgan fingerprint density at radius 1 is 0.806 bits per heavy atom. The number of hydrogen-bond acceptors (Lipinski definition) is 4. The summed E-state index contributed by atoms with van der Waals surface area (Å²) < 4.78 is 5.23. The first-order chi connectivity index (χ1) is 15.1. The number of rotatable bonds is 8. The van der Waals surface area contributed by atoms with E-state index in [-0.39, 0.29) is 5.91 Å². The molecular formula is C25H24N2O4. The van der Waals surface area contributed by atoms with E-state index in [2.05, 4.69) is 10.6 Å². The first-order valence-corrected chi connectivity index (χ1v) is 10.1. The molecule has 31 heavy (non-hydrogen) atoms. The van der Waals surface area contributed by atoms with Crippen LogP contribution in [0.1, 0.15) is 35.2 Å². The van der Waals surface area contributed by atoms with Crippen molar-refractivity contribution in [1.29, 1.82) is 0 Å². The highest BCUT2D eigenvalue weighted by Crippen LogP contribution is 2.21. The van der Waals surface area contributed by atoms with Gasteiger partial charge in [0.15, 0.2) is 6.61 Å². The molecule has 0 bridgehead atoms. The lowest BCUT2D eigenvalue weighted by Gasteiger charge is -2.15. The summed E-state index contributed by atoms with van der Waals surface area (Å²) in [5.41, 5.74) is 2.14. The average Bonchev–Trinajstić information content (AvgIpc) is 2.80. The van der Waals surface area contributed by atoms with Gasteiger partial charge in [0.1, 0.15) is 0 Å². The van der Waals surface area contributed by atoms with Crippen molar-refractivity contribution in [2.24, 2.45) is 0 Å². The normalized spacial score (nSPS) is 11.3. The van der Waals surface area contributed by atoms with E-state index in [0.717, 1.165) is 5.56 Å². The van der Waals surface area contributed by atoms with Crippen LogP contribution in [0.5, 0.6) is 0 Å². The quantitative estimate of drug-likeness (QED) is 0.525. The van der Waals surface area contributed by atoms with Crippen LogP contribution in [0, 0.1) is 0 Å². The number of ether oxygens (including phenoxy) is 1. The molecule has 0 aliphatic heterocycles. The highest BCUT2D eigenvalue weighted by molar-refractivity contribution is 6.10. The second-order valence-electron chi connectivity index (χ2n) is 6.89. The molecule has 158 valence electrons. The molecule has 6 nitrogen and oxygen atoms in total. The molecule has 0 heterocycles. The lowest BCUT2D eigenvalue weighted by Crippen LogP contribution is -2.25. The summed E-state index contributed by atoms with van der Waals surface area (Å²) in [6, 6.07) is 25.0. The summed E-state index contributed by atoms with van der Waals surface area (Å²) in [4.78, 5) is 37.4. The number of para-hydroxylation sites is 2. The number of nitrogens with one attached hydrogen (secondary N) is 2. The standard InChI is InChI=1S/C25H24N2O4/c1-2-20(18-11-5-3-6-12-18)25(30)31-17-23(28)27-22-16-10-9-15-21(22)24(29)26-19-13-7-4-8-14-19/h3-16,20H,2,17H2,1H3,(H,26,29)(H,27,28)/t20-/m0/s1. The Bertz CT molecular complexity index is 1040. The maximum atomic E-state index is 12.6. The maximum absolute atomic E-state index is 12.6. The molecular weight excluding hydrogens is 392 g/mol. The first kappa shape index (κ1) is 21.8. The minimum absolute atomic E-state index is 0.307. The summed E-state index contributed by atoms with van der Waals surface area (Å²) in [6.07, 6.45) is 0.562. The van der Waals surface area contributed by atoms with E-state index >= 15 is 0 Å². The van der Waals surface area contributed by atoms with Crippen LogP contribution in [-0.2, 0) is 14.3 Å². The molecule has 0 saturated carbocycles. The van der Waals surface area contributed by atoms with Crippen molar-refractivity contribution < 1.29 is 19.1 Å². The molecule has 0 aliphatic rings. The van der Waals surface area contributed by atoms with Crippen LogP contribution < -0.4 is 10.6 Å². The van der Waals surface area contributed by atoms with Gasteiger partial charge < -0.3 is 15.4 Å². The topological polar surface area (TPSA) is 84.5 Å². The van der Waals surface area contributed by atoms with E-state index in [1.165, 1.54) is 0 Å². The second kappa shape index (κ2) is 10.7. The molecule has 2 N–H and O–H groups in total. The number of carbonyl (C=O) groups excluding carboxylic acids is 3. The molecule has 1 atom stereocenters. The van der Waals surface area contributed by atoms with Gasteiger partial charge in [0.05, 0.1) is 17.2 Å². The zero-order valence-electron chi connectivity index (χ0n) is 17.2. The highest BCUT2D eigenvalue weighted by atomic mass is 16.5. The molecule has 2 amide bonds. The molecule has 3 aromatic rings. The van der Waals surface area contributed by atoms with Gasteiger partial charge in [-0.05, 0) is 36.2 Å². The molecule has 3 aromatic carbocycles. The van der Waals surface area contributed by atoms with Gasteiger partial charge in [-0.1, -0.05) is 67.6 Å². The van der Waals surface area contributed by atoms with Crippen molar-refractivity contribution >= 4 is 29.2 Å². The lowest BCUT2D eigenvalue weighted by atomic mass is 9.97. The number of carbonyl (C=O) groups is 3. The monoisotopic (exact) mass is 416 g/mol. The molecule has 0 spiro atoms. The molecule has 0 aromatic heterocycles. The van der Waals surface area contributed by atoms with Crippen LogP contribution >= 0.6 is 0 Å². The van der Waals surface area contributed by atoms with Gasteiger partial charge in [0.25, 0.3) is 11.8 Å². The lowest BCUT2D eigenvalue weighted by molar-refractivity contribution is -0.149. The summed E-state index contributed by atoms with van der Waals surface area (Å²) >= 11 is 0. The van der Waals surface area contributed by atoms with Gasteiger partial charge in [-0.15, -0.1) is 0 Å². The van der Waals surface area contributed by atoms with Crippen LogP contribution in [0.3, 0.4) is 0 Å². The summed E-state index contributed by atoms with van der Waals surface area (Å²) in [5, 5.41) is 5.44. The largest absolute Gasteiger partial charge is 0.455 e. The SMILES string of the molecule is CC[C@H](C(=O)OCC(=O)Nc1ccccc1C(=O)Nc1ccccc1)c1ccccc1. The van der Waals surface area contributed by atoms with Crippen LogP contribution in [0.2, 0.25) is 0 Å². The van der Waals surface area contributed by atoms with Gasteiger partial charge in [-0.25, -0.2) is 0 Å². The number of anilines is 2. The second-order valence-corrected chi connectivity index (χ2v) is 6.89. The van der Waals surface area contributed by atoms with Gasteiger partial charge in [-0.3, -0.25) is 14.4 Å². The van der Waals surface area contributed by atoms with Crippen molar-refractivity contribution in [3.05, 3.63) is 96.1 Å². The number of hydrogen-bond donors (Lipinski definition) is 2. The van der Waals surface area contributed by atoms with E-state index in [1.807, 2.05) is 55.5 Å². The third kappa shape index (κ3) is 6.02. The fraction of sp³-hybridized carbons (Fsp3) is 0.160. The van der Waals surface area contributed by atoms with Gasteiger partial charge >= 0.3 is 5.97 Å². The van der Waals surface area contributed by atoms with Crippen molar-refractivity contribution in [2.45, 2.75) is 19.3 Å². The Balaban J connectivity index is 1.60. The van der Waals surface area contributed by atoms with Crippen molar-refractivity contribution in [2.75, 3.05) is 17.2 Å². The van der Waals surface area contributed by atoms with Crippen molar-refractivity contribution in [1.82, 2.24) is 0 Å². The molecule has 0 unspecified atom stereocenters. The number of amides is 2. The molecule has 0 aliphatic carbocycles. The third-order valence-electron chi connectivity index (χ3n) is 4.72. The van der Waals surface area contributed by atoms with E-state index in [1.54, 1.807) is 36.4 Å². The van der Waals surface area contributed by atoms with Crippen LogP contribution in [0.4, 0.5) is 11.4 Å². The minimum Gasteiger partial charge on any atom is -0.455 e. The number of benzene rings is 3. The van der Waals surface area contributed by atoms with Crippen molar-refractivity contribution in [3.63, 3.8) is 0 Å². The Morgan fingerprint density at radius 3 is 2.10 bits per heavy atom. The minimum atomic E-state index is -0.517. The zero-order chi connectivity index (χ0) is 22.1. The Hall–Kier alpha value is -3.93. The fourth-order valence-electron chi connectivity index (χ4n) is 3.16. The van der Waals surface area contributed by atoms with Gasteiger partial charge in [0, 0.05) is 5.69 Å². The van der Waals surface area contributed by atoms with Gasteiger partial charge in [-0.2, -0.15) is 0 Å². The van der Waals surface area contributed by atoms with Crippen LogP contribution in [0.15, 0.2) is 84.9 Å². The Kier molecular flexibility index (Phi) is 7.54. The summed E-state index contributed by atoms with van der Waals surface area (Å²) in [6.45, 7) is 1.46. The van der Waals surface area contributed by atoms with E-state index < -0.39 is 24.4 Å². The Morgan fingerprint density at radius 2 is 1.42 bits per heavy atom. The van der Waals surface area contributed by atoms with E-state index in [0.29, 0.717) is 23.4 Å². The molecule has 6 heteroatoms. The van der Waals surface area contributed by atoms with E-state index in [9.17, 15) is 14.4 Å². The summed E-state index contributed by atoms with van der Waals surface area (Å²) in [5.74, 6) is -1.76. The maximum Gasteiger partial charge on any atom is 0.313 e. The zero-order valence-corrected chi connectivity index (χ0v) is 17.2. The molecule has 0 radical (unpaired) electrons. The molecule has 0 saturated heterocycles. The average molecular weight is 416 g/mol. The molecule has 3 rings (SSSR count). The predicted octanol–water partition coefficient (Wildman–Crippen LogP) is 4.61. The van der Waals surface area contributed by atoms with Crippen molar-refractivity contribution in [3.8, 4) is 0 Å². The Labute approximate surface area is 181 Å². The fourth-order valence-corrected chi connectivity index (χ4v) is 3.16. The predicted molar refractivity (Wildman–Crippen MR) is 120 cm³/mol. The van der Waals surface area contributed by atoms with E-state index in [4.69, 9.17) is 4.74 Å². The van der Waals surface area contributed by atoms with Crippen LogP contribution in [0.25, 0.3) is 0 Å².